The zero-order valence-corrected chi connectivity index (χ0v) is 16.1. The van der Waals surface area contributed by atoms with Crippen molar-refractivity contribution in [1.29, 1.82) is 0 Å². The Morgan fingerprint density at radius 1 is 0.739 bits per heavy atom. The molecular weight excluding hydrogens is 284 g/mol. The fraction of sp³-hybridized carbons (Fsp3) is 1.00. The van der Waals surface area contributed by atoms with Gasteiger partial charge >= 0.3 is 0 Å². The largest absolute Gasteiger partial charge is 0.392 e. The van der Waals surface area contributed by atoms with Crippen LogP contribution in [0.4, 0.5) is 0 Å². The summed E-state index contributed by atoms with van der Waals surface area (Å²) in [6, 6.07) is 0. The molecule has 1 atom stereocenters. The van der Waals surface area contributed by atoms with Crippen molar-refractivity contribution in [2.45, 2.75) is 103 Å². The van der Waals surface area contributed by atoms with Crippen molar-refractivity contribution < 1.29 is 5.11 Å². The van der Waals surface area contributed by atoms with E-state index in [0.29, 0.717) is 6.54 Å². The minimum atomic E-state index is -0.250. The summed E-state index contributed by atoms with van der Waals surface area (Å²) in [4.78, 5) is 2.47. The second-order valence-electron chi connectivity index (χ2n) is 7.07. The summed E-state index contributed by atoms with van der Waals surface area (Å²) in [6.45, 7) is 8.21. The number of unbranched alkanes of at least 4 members (excludes halogenated alkanes) is 10. The summed E-state index contributed by atoms with van der Waals surface area (Å²) in [5.41, 5.74) is 5.56. The maximum absolute atomic E-state index is 10.0. The highest BCUT2D eigenvalue weighted by molar-refractivity contribution is 4.66. The second-order valence-corrected chi connectivity index (χ2v) is 7.07. The number of aliphatic hydroxyl groups excluding tert-OH is 1. The number of hydrogen-bond acceptors (Lipinski definition) is 3. The fourth-order valence-electron chi connectivity index (χ4n) is 3.11. The third-order valence-corrected chi connectivity index (χ3v) is 4.62. The van der Waals surface area contributed by atoms with Gasteiger partial charge < -0.3 is 15.7 Å². The molecule has 0 fully saturated rings. The molecule has 140 valence electrons. The molecule has 0 aromatic carbocycles. The molecule has 3 nitrogen and oxygen atoms in total. The van der Waals surface area contributed by atoms with E-state index in [1.54, 1.807) is 0 Å². The van der Waals surface area contributed by atoms with Gasteiger partial charge in [-0.25, -0.2) is 0 Å². The van der Waals surface area contributed by atoms with Gasteiger partial charge in [-0.2, -0.15) is 0 Å². The van der Waals surface area contributed by atoms with Crippen molar-refractivity contribution in [3.05, 3.63) is 0 Å². The lowest BCUT2D eigenvalue weighted by atomic mass is 10.1. The molecule has 0 rings (SSSR count). The third kappa shape index (κ3) is 16.5. The first kappa shape index (κ1) is 22.9. The van der Waals surface area contributed by atoms with Crippen LogP contribution in [0.3, 0.4) is 0 Å². The molecule has 1 unspecified atom stereocenters. The average molecular weight is 329 g/mol. The monoisotopic (exact) mass is 328 g/mol. The van der Waals surface area contributed by atoms with Crippen LogP contribution in [-0.2, 0) is 0 Å². The molecule has 0 aliphatic carbocycles. The lowest BCUT2D eigenvalue weighted by Crippen LogP contribution is -2.35. The lowest BCUT2D eigenvalue weighted by molar-refractivity contribution is 0.105. The molecule has 0 saturated carbocycles. The molecule has 0 radical (unpaired) electrons. The van der Waals surface area contributed by atoms with Crippen LogP contribution in [0.15, 0.2) is 0 Å². The van der Waals surface area contributed by atoms with E-state index in [9.17, 15) is 5.11 Å². The quantitative estimate of drug-likeness (QED) is 0.358. The van der Waals surface area contributed by atoms with Crippen LogP contribution in [0.1, 0.15) is 97.3 Å². The van der Waals surface area contributed by atoms with Crippen LogP contribution in [0.5, 0.6) is 0 Å². The van der Waals surface area contributed by atoms with Gasteiger partial charge in [0, 0.05) is 6.54 Å². The minimum absolute atomic E-state index is 0.250. The summed E-state index contributed by atoms with van der Waals surface area (Å²) in [5.74, 6) is 0. The highest BCUT2D eigenvalue weighted by Gasteiger charge is 2.10. The van der Waals surface area contributed by atoms with E-state index in [2.05, 4.69) is 18.7 Å². The van der Waals surface area contributed by atoms with Crippen LogP contribution in [0.2, 0.25) is 0 Å². The van der Waals surface area contributed by atoms with Crippen molar-refractivity contribution >= 4 is 0 Å². The van der Waals surface area contributed by atoms with E-state index in [-0.39, 0.29) is 6.10 Å². The van der Waals surface area contributed by atoms with Gasteiger partial charge in [-0.1, -0.05) is 78.1 Å². The zero-order valence-electron chi connectivity index (χ0n) is 16.1. The zero-order chi connectivity index (χ0) is 17.2. The maximum atomic E-state index is 10.0. The Kier molecular flexibility index (Phi) is 18.1. The number of aliphatic hydroxyl groups is 1. The molecule has 23 heavy (non-hydrogen) atoms. The highest BCUT2D eigenvalue weighted by atomic mass is 16.3. The molecule has 0 heterocycles. The van der Waals surface area contributed by atoms with E-state index in [4.69, 9.17) is 5.73 Å². The SMILES string of the molecule is CCCCCCCCN(CCCCCCCC)CC(O)CCN. The Balaban J connectivity index is 3.84. The maximum Gasteiger partial charge on any atom is 0.0679 e. The highest BCUT2D eigenvalue weighted by Crippen LogP contribution is 2.09. The first-order chi connectivity index (χ1) is 11.2. The molecule has 0 aliphatic heterocycles. The molecule has 0 aliphatic rings. The Bertz CT molecular complexity index is 208. The smallest absolute Gasteiger partial charge is 0.0679 e. The third-order valence-electron chi connectivity index (χ3n) is 4.62. The van der Waals surface area contributed by atoms with Crippen LogP contribution in [0.25, 0.3) is 0 Å². The first-order valence-electron chi connectivity index (χ1n) is 10.3. The van der Waals surface area contributed by atoms with Gasteiger partial charge in [0.2, 0.25) is 0 Å². The number of nitrogens with two attached hydrogens (primary N) is 1. The van der Waals surface area contributed by atoms with E-state index < -0.39 is 0 Å². The van der Waals surface area contributed by atoms with E-state index >= 15 is 0 Å². The van der Waals surface area contributed by atoms with Gasteiger partial charge in [0.05, 0.1) is 6.10 Å². The minimum Gasteiger partial charge on any atom is -0.392 e. The van der Waals surface area contributed by atoms with Gasteiger partial charge in [-0.05, 0) is 38.9 Å². The van der Waals surface area contributed by atoms with Crippen molar-refractivity contribution in [2.75, 3.05) is 26.2 Å². The molecule has 0 spiro atoms. The Morgan fingerprint density at radius 2 is 1.17 bits per heavy atom. The summed E-state index contributed by atoms with van der Waals surface area (Å²) in [5, 5.41) is 10.0. The molecular formula is C20H44N2O. The Morgan fingerprint density at radius 3 is 1.61 bits per heavy atom. The van der Waals surface area contributed by atoms with Gasteiger partial charge in [0.1, 0.15) is 0 Å². The van der Waals surface area contributed by atoms with Crippen LogP contribution in [0, 0.1) is 0 Å². The number of rotatable bonds is 18. The molecule has 0 bridgehead atoms. The molecule has 3 heteroatoms. The summed E-state index contributed by atoms with van der Waals surface area (Å²) < 4.78 is 0. The van der Waals surface area contributed by atoms with Gasteiger partial charge in [-0.3, -0.25) is 0 Å². The number of hydrogen-bond donors (Lipinski definition) is 2. The average Bonchev–Trinajstić information content (AvgIpc) is 2.53. The Hall–Kier alpha value is -0.120. The predicted octanol–water partition coefficient (Wildman–Crippen LogP) is 4.72. The fourth-order valence-corrected chi connectivity index (χ4v) is 3.11. The van der Waals surface area contributed by atoms with Gasteiger partial charge in [0.15, 0.2) is 0 Å². The van der Waals surface area contributed by atoms with Crippen molar-refractivity contribution in [3.8, 4) is 0 Å². The first-order valence-corrected chi connectivity index (χ1v) is 10.3. The number of nitrogens with zero attached hydrogens (tertiary/aromatic N) is 1. The van der Waals surface area contributed by atoms with E-state index in [1.807, 2.05) is 0 Å². The summed E-state index contributed by atoms with van der Waals surface area (Å²) in [7, 11) is 0. The van der Waals surface area contributed by atoms with Gasteiger partial charge in [0.25, 0.3) is 0 Å². The van der Waals surface area contributed by atoms with E-state index in [0.717, 1.165) is 26.1 Å². The second kappa shape index (κ2) is 18.2. The summed E-state index contributed by atoms with van der Waals surface area (Å²) >= 11 is 0. The van der Waals surface area contributed by atoms with Crippen LogP contribution >= 0.6 is 0 Å². The topological polar surface area (TPSA) is 49.5 Å². The Labute approximate surface area is 146 Å². The standard InChI is InChI=1S/C20H44N2O/c1-3-5-7-9-11-13-17-22(19-20(23)15-16-21)18-14-12-10-8-6-4-2/h20,23H,3-19,21H2,1-2H3. The van der Waals surface area contributed by atoms with Crippen LogP contribution < -0.4 is 5.73 Å². The van der Waals surface area contributed by atoms with Crippen molar-refractivity contribution in [1.82, 2.24) is 4.90 Å². The molecule has 3 N–H and O–H groups in total. The molecule has 0 aromatic rings. The summed E-state index contributed by atoms with van der Waals surface area (Å²) in [6.07, 6.45) is 16.5. The molecule has 0 amide bonds. The lowest BCUT2D eigenvalue weighted by Gasteiger charge is -2.25. The predicted molar refractivity (Wildman–Crippen MR) is 103 cm³/mol. The van der Waals surface area contributed by atoms with Crippen LogP contribution in [-0.4, -0.2) is 42.3 Å². The van der Waals surface area contributed by atoms with Crippen molar-refractivity contribution in [3.63, 3.8) is 0 Å². The normalized spacial score (nSPS) is 12.9. The molecule has 0 saturated heterocycles. The molecule has 0 aromatic heterocycles. The van der Waals surface area contributed by atoms with E-state index in [1.165, 1.54) is 77.0 Å². The van der Waals surface area contributed by atoms with Gasteiger partial charge in [-0.15, -0.1) is 0 Å². The van der Waals surface area contributed by atoms with Crippen molar-refractivity contribution in [2.24, 2.45) is 5.73 Å².